The largest absolute Gasteiger partial charge is 0.383 e. The second kappa shape index (κ2) is 14.0. The van der Waals surface area contributed by atoms with Gasteiger partial charge in [-0.3, -0.25) is 15.4 Å². The fourth-order valence-corrected chi connectivity index (χ4v) is 5.12. The molecule has 1 atom stereocenters. The summed E-state index contributed by atoms with van der Waals surface area (Å²) in [6.07, 6.45) is 14.7. The first kappa shape index (κ1) is 28.5. The Morgan fingerprint density at radius 1 is 1.23 bits per heavy atom. The van der Waals surface area contributed by atoms with Crippen molar-refractivity contribution in [2.24, 2.45) is 15.9 Å². The van der Waals surface area contributed by atoms with Crippen LogP contribution in [0.15, 0.2) is 111 Å². The lowest BCUT2D eigenvalue weighted by Crippen LogP contribution is -2.42. The Morgan fingerprint density at radius 3 is 2.85 bits per heavy atom. The van der Waals surface area contributed by atoms with Crippen LogP contribution in [0.2, 0.25) is 0 Å². The lowest BCUT2D eigenvalue weighted by Gasteiger charge is -2.35. The number of nitrogens with one attached hydrogen (secondary N) is 2. The smallest absolute Gasteiger partial charge is 0.100 e. The highest BCUT2D eigenvalue weighted by Gasteiger charge is 2.26. The first-order chi connectivity index (χ1) is 19.0. The topological polar surface area (TPSA) is 63.8 Å². The number of amidine groups is 1. The molecular weight excluding hydrogens is 546 g/mol. The fourth-order valence-electron chi connectivity index (χ4n) is 4.89. The predicted molar refractivity (Wildman–Crippen MR) is 171 cm³/mol. The van der Waals surface area contributed by atoms with Crippen LogP contribution in [0.3, 0.4) is 0 Å². The number of benzene rings is 2. The third kappa shape index (κ3) is 7.99. The summed E-state index contributed by atoms with van der Waals surface area (Å²) in [6, 6.07) is 14.9. The number of aliphatic imine (C=N–C) groups is 2. The van der Waals surface area contributed by atoms with Gasteiger partial charge in [-0.1, -0.05) is 73.3 Å². The zero-order valence-corrected chi connectivity index (χ0v) is 24.5. The second-order valence-electron chi connectivity index (χ2n) is 10.0. The first-order valence-electron chi connectivity index (χ1n) is 13.6. The molecule has 2 N–H and O–H groups in total. The van der Waals surface area contributed by atoms with E-state index in [0.29, 0.717) is 25.3 Å². The molecule has 6 heteroatoms. The zero-order chi connectivity index (χ0) is 27.6. The minimum atomic E-state index is 0.235. The molecular formula is C33H38BrN5. The summed E-state index contributed by atoms with van der Waals surface area (Å²) in [5.41, 5.74) is 5.26. The van der Waals surface area contributed by atoms with E-state index < -0.39 is 0 Å². The molecule has 2 aromatic rings. The molecule has 4 rings (SSSR count). The quantitative estimate of drug-likeness (QED) is 0.193. The van der Waals surface area contributed by atoms with Gasteiger partial charge in [0.2, 0.25) is 0 Å². The van der Waals surface area contributed by atoms with Crippen molar-refractivity contribution in [3.63, 3.8) is 0 Å². The van der Waals surface area contributed by atoms with Gasteiger partial charge in [-0.05, 0) is 70.6 Å². The van der Waals surface area contributed by atoms with Crippen LogP contribution in [0.4, 0.5) is 0 Å². The van der Waals surface area contributed by atoms with Crippen molar-refractivity contribution < 1.29 is 0 Å². The van der Waals surface area contributed by atoms with E-state index in [-0.39, 0.29) is 5.92 Å². The summed E-state index contributed by atoms with van der Waals surface area (Å²) in [5.74, 6) is 0.904. The fraction of sp³-hybridized carbons (Fsp3) is 0.303. The van der Waals surface area contributed by atoms with E-state index in [1.54, 1.807) is 0 Å². The van der Waals surface area contributed by atoms with E-state index in [1.807, 2.05) is 38.3 Å². The van der Waals surface area contributed by atoms with Crippen LogP contribution in [0.1, 0.15) is 32.3 Å². The third-order valence-electron chi connectivity index (χ3n) is 7.12. The van der Waals surface area contributed by atoms with Crippen LogP contribution >= 0.6 is 15.9 Å². The van der Waals surface area contributed by atoms with Gasteiger partial charge in [-0.2, -0.15) is 0 Å². The molecule has 0 aromatic heterocycles. The number of hydrogen-bond donors (Lipinski definition) is 2. The average Bonchev–Trinajstić information content (AvgIpc) is 3.02. The van der Waals surface area contributed by atoms with Crippen molar-refractivity contribution in [3.05, 3.63) is 106 Å². The lowest BCUT2D eigenvalue weighted by molar-refractivity contribution is 0.300. The maximum atomic E-state index is 8.95. The number of rotatable bonds is 8. The van der Waals surface area contributed by atoms with E-state index >= 15 is 0 Å². The Balaban J connectivity index is 1.51. The van der Waals surface area contributed by atoms with Crippen molar-refractivity contribution in [1.82, 2.24) is 10.2 Å². The highest BCUT2D eigenvalue weighted by atomic mass is 79.9. The van der Waals surface area contributed by atoms with Gasteiger partial charge >= 0.3 is 0 Å². The summed E-state index contributed by atoms with van der Waals surface area (Å²) in [7, 11) is 0. The monoisotopic (exact) mass is 583 g/mol. The van der Waals surface area contributed by atoms with E-state index in [1.165, 1.54) is 16.3 Å². The van der Waals surface area contributed by atoms with Gasteiger partial charge in [0.15, 0.2) is 0 Å². The van der Waals surface area contributed by atoms with E-state index in [2.05, 4.69) is 92.3 Å². The summed E-state index contributed by atoms with van der Waals surface area (Å²) < 4.78 is 0.895. The molecule has 0 aliphatic carbocycles. The molecule has 0 spiro atoms. The number of nitrogens with zero attached hydrogens (tertiary/aromatic N) is 3. The molecule has 1 unspecified atom stereocenters. The molecule has 1 fully saturated rings. The molecule has 39 heavy (non-hydrogen) atoms. The van der Waals surface area contributed by atoms with Gasteiger partial charge in [0.1, 0.15) is 5.84 Å². The van der Waals surface area contributed by atoms with E-state index in [0.717, 1.165) is 53.1 Å². The van der Waals surface area contributed by atoms with Gasteiger partial charge in [-0.15, -0.1) is 0 Å². The standard InChI is InChI=1S/C33H38BrN5/c1-4-6-10-25(5-2)20-37-30-19-32(38-24(3)31(34)22-36-21-30)29-13-9-16-39(23-29)33(35)18-26-14-15-27-11-7-8-12-28(27)17-26/h4-8,10-12,14-15,17,19,22,29,35,37H,2,9,13,16,18,20-21,23H2,1,3H3/b6-4-,25-10+,30-19+,31-24-,35-33?,36-22?,38-32-. The van der Waals surface area contributed by atoms with Crippen LogP contribution in [-0.4, -0.2) is 48.8 Å². The number of hydrogen-bond acceptors (Lipinski definition) is 4. The van der Waals surface area contributed by atoms with Crippen LogP contribution in [0, 0.1) is 11.3 Å². The Morgan fingerprint density at radius 2 is 2.05 bits per heavy atom. The molecule has 0 radical (unpaired) electrons. The number of likely N-dealkylation sites (tertiary alicyclic amines) is 1. The lowest BCUT2D eigenvalue weighted by atomic mass is 9.91. The Bertz CT molecular complexity index is 1390. The second-order valence-corrected chi connectivity index (χ2v) is 10.9. The minimum Gasteiger partial charge on any atom is -0.383 e. The molecule has 0 amide bonds. The first-order valence-corrected chi connectivity index (χ1v) is 14.4. The van der Waals surface area contributed by atoms with Crippen LogP contribution in [0.25, 0.3) is 10.8 Å². The van der Waals surface area contributed by atoms with Crippen molar-refractivity contribution in [1.29, 1.82) is 5.41 Å². The zero-order valence-electron chi connectivity index (χ0n) is 23.0. The molecule has 0 bridgehead atoms. The Kier molecular flexibility index (Phi) is 10.3. The van der Waals surface area contributed by atoms with Gasteiger partial charge < -0.3 is 10.2 Å². The number of allylic oxidation sites excluding steroid dienone is 6. The summed E-state index contributed by atoms with van der Waals surface area (Å²) in [4.78, 5) is 11.9. The molecule has 2 aromatic carbocycles. The molecule has 5 nitrogen and oxygen atoms in total. The van der Waals surface area contributed by atoms with E-state index in [9.17, 15) is 0 Å². The van der Waals surface area contributed by atoms with Crippen molar-refractivity contribution >= 4 is 44.5 Å². The molecule has 2 aliphatic heterocycles. The highest BCUT2D eigenvalue weighted by molar-refractivity contribution is 9.12. The molecule has 2 aliphatic rings. The molecule has 0 saturated carbocycles. The SMILES string of the molecule is C=C/C(=C\C=C/C)CN/C1=C/C(C2CCCN(C(=N)Cc3ccc4ccccc4c3)C2)=N/C(C)=C(\Br)C=NC1. The predicted octanol–water partition coefficient (Wildman–Crippen LogP) is 7.39. The number of fused-ring (bicyclic) bond motifs is 1. The normalized spacial score (nSPS) is 23.4. The van der Waals surface area contributed by atoms with Gasteiger partial charge in [0.25, 0.3) is 0 Å². The maximum absolute atomic E-state index is 8.95. The van der Waals surface area contributed by atoms with E-state index in [4.69, 9.17) is 10.4 Å². The van der Waals surface area contributed by atoms with Crippen molar-refractivity contribution in [2.45, 2.75) is 33.1 Å². The summed E-state index contributed by atoms with van der Waals surface area (Å²) in [5, 5.41) is 15.0. The van der Waals surface area contributed by atoms with Crippen LogP contribution in [-0.2, 0) is 6.42 Å². The Labute approximate surface area is 241 Å². The number of piperidine rings is 1. The molecule has 202 valence electrons. The van der Waals surface area contributed by atoms with Gasteiger partial charge in [0, 0.05) is 49.6 Å². The van der Waals surface area contributed by atoms with Crippen LogP contribution in [0.5, 0.6) is 0 Å². The van der Waals surface area contributed by atoms with Gasteiger partial charge in [-0.25, -0.2) is 0 Å². The third-order valence-corrected chi connectivity index (χ3v) is 7.90. The summed E-state index contributed by atoms with van der Waals surface area (Å²) >= 11 is 3.64. The molecule has 1 saturated heterocycles. The van der Waals surface area contributed by atoms with Crippen molar-refractivity contribution in [3.8, 4) is 0 Å². The molecule has 2 heterocycles. The summed E-state index contributed by atoms with van der Waals surface area (Å²) in [6.45, 7) is 10.9. The minimum absolute atomic E-state index is 0.235. The number of halogens is 1. The maximum Gasteiger partial charge on any atom is 0.100 e. The van der Waals surface area contributed by atoms with Crippen molar-refractivity contribution in [2.75, 3.05) is 26.2 Å². The highest BCUT2D eigenvalue weighted by Crippen LogP contribution is 2.24. The van der Waals surface area contributed by atoms with Gasteiger partial charge in [0.05, 0.1) is 16.7 Å². The Hall–Kier alpha value is -3.51. The van der Waals surface area contributed by atoms with Crippen LogP contribution < -0.4 is 5.32 Å². The average molecular weight is 585 g/mol.